The van der Waals surface area contributed by atoms with Gasteiger partial charge in [-0.05, 0) is 51.4 Å². The first kappa shape index (κ1) is 14.4. The maximum atomic E-state index is 5.22. The molecule has 1 atom stereocenters. The Hall–Kier alpha value is -1.06. The lowest BCUT2D eigenvalue weighted by Gasteiger charge is -2.34. The number of benzene rings is 1. The summed E-state index contributed by atoms with van der Waals surface area (Å²) in [4.78, 5) is 2.57. The average Bonchev–Trinajstić information content (AvgIpc) is 2.59. The van der Waals surface area contributed by atoms with E-state index in [0.29, 0.717) is 6.04 Å². The molecule has 1 fully saturated rings. The van der Waals surface area contributed by atoms with Gasteiger partial charge in [-0.15, -0.1) is 0 Å². The van der Waals surface area contributed by atoms with Gasteiger partial charge in [0.1, 0.15) is 5.75 Å². The van der Waals surface area contributed by atoms with E-state index < -0.39 is 0 Å². The highest BCUT2D eigenvalue weighted by Gasteiger charge is 2.27. The summed E-state index contributed by atoms with van der Waals surface area (Å²) in [5, 5.41) is 3.61. The Balaban J connectivity index is 2.10. The summed E-state index contributed by atoms with van der Waals surface area (Å²) >= 11 is 0. The molecule has 3 nitrogen and oxygen atoms in total. The molecule has 1 N–H and O–H groups in total. The first-order valence-corrected chi connectivity index (χ1v) is 7.15. The Morgan fingerprint density at radius 2 is 1.95 bits per heavy atom. The molecule has 1 aromatic rings. The van der Waals surface area contributed by atoms with Crippen LogP contribution < -0.4 is 10.1 Å². The van der Waals surface area contributed by atoms with Gasteiger partial charge in [-0.2, -0.15) is 0 Å². The normalized spacial score (nSPS) is 21.7. The summed E-state index contributed by atoms with van der Waals surface area (Å²) < 4.78 is 5.22. The summed E-state index contributed by atoms with van der Waals surface area (Å²) in [6, 6.07) is 8.90. The van der Waals surface area contributed by atoms with E-state index >= 15 is 0 Å². The Labute approximate surface area is 116 Å². The van der Waals surface area contributed by atoms with Gasteiger partial charge in [0.05, 0.1) is 7.11 Å². The molecule has 1 aliphatic heterocycles. The second-order valence-electron chi connectivity index (χ2n) is 6.08. The zero-order chi connectivity index (χ0) is 13.9. The van der Waals surface area contributed by atoms with Gasteiger partial charge >= 0.3 is 0 Å². The third-order valence-electron chi connectivity index (χ3n) is 3.97. The lowest BCUT2D eigenvalue weighted by molar-refractivity contribution is 0.180. The van der Waals surface area contributed by atoms with Crippen molar-refractivity contribution < 1.29 is 4.74 Å². The largest absolute Gasteiger partial charge is 0.497 e. The van der Waals surface area contributed by atoms with E-state index in [9.17, 15) is 0 Å². The van der Waals surface area contributed by atoms with Crippen LogP contribution in [0.5, 0.6) is 5.75 Å². The van der Waals surface area contributed by atoms with Crippen molar-refractivity contribution >= 4 is 0 Å². The van der Waals surface area contributed by atoms with Crippen molar-refractivity contribution in [3.63, 3.8) is 0 Å². The topological polar surface area (TPSA) is 24.5 Å². The van der Waals surface area contributed by atoms with Crippen molar-refractivity contribution in [2.75, 3.05) is 26.7 Å². The van der Waals surface area contributed by atoms with Crippen molar-refractivity contribution in [1.29, 1.82) is 0 Å². The summed E-state index contributed by atoms with van der Waals surface area (Å²) in [5.41, 5.74) is 1.55. The van der Waals surface area contributed by atoms with Crippen LogP contribution in [0.1, 0.15) is 38.8 Å². The molecule has 0 radical (unpaired) electrons. The molecule has 1 unspecified atom stereocenters. The molecule has 19 heavy (non-hydrogen) atoms. The summed E-state index contributed by atoms with van der Waals surface area (Å²) in [7, 11) is 1.71. The number of rotatable bonds is 3. The molecule has 0 aliphatic carbocycles. The third kappa shape index (κ3) is 3.71. The molecule has 1 aromatic carbocycles. The highest BCUT2D eigenvalue weighted by Crippen LogP contribution is 2.25. The first-order valence-electron chi connectivity index (χ1n) is 7.15. The number of hydrogen-bond acceptors (Lipinski definition) is 3. The Kier molecular flexibility index (Phi) is 4.48. The van der Waals surface area contributed by atoms with Crippen LogP contribution >= 0.6 is 0 Å². The van der Waals surface area contributed by atoms with Gasteiger partial charge in [-0.3, -0.25) is 4.90 Å². The first-order chi connectivity index (χ1) is 9.02. The van der Waals surface area contributed by atoms with Gasteiger partial charge < -0.3 is 10.1 Å². The molecule has 0 saturated carbocycles. The van der Waals surface area contributed by atoms with E-state index in [1.807, 2.05) is 12.1 Å². The van der Waals surface area contributed by atoms with Crippen LogP contribution in [0.2, 0.25) is 0 Å². The summed E-state index contributed by atoms with van der Waals surface area (Å²) in [6.45, 7) is 10.2. The van der Waals surface area contributed by atoms with E-state index in [1.54, 1.807) is 7.11 Å². The SMILES string of the molecule is COc1ccc(C(C)N2CCCNC(C)(C)C2)cc1. The number of nitrogens with zero attached hydrogens (tertiary/aromatic N) is 1. The minimum absolute atomic E-state index is 0.192. The molecule has 3 heteroatoms. The van der Waals surface area contributed by atoms with Crippen molar-refractivity contribution in [3.05, 3.63) is 29.8 Å². The van der Waals surface area contributed by atoms with E-state index in [2.05, 4.69) is 43.1 Å². The lowest BCUT2D eigenvalue weighted by Crippen LogP contribution is -2.46. The van der Waals surface area contributed by atoms with Gasteiger partial charge in [0.2, 0.25) is 0 Å². The fourth-order valence-corrected chi connectivity index (χ4v) is 2.78. The number of ether oxygens (including phenoxy) is 1. The molecule has 0 bridgehead atoms. The van der Waals surface area contributed by atoms with Crippen LogP contribution in [0.3, 0.4) is 0 Å². The van der Waals surface area contributed by atoms with Gasteiger partial charge in [-0.25, -0.2) is 0 Å². The lowest BCUT2D eigenvalue weighted by atomic mass is 10.0. The van der Waals surface area contributed by atoms with Gasteiger partial charge in [0.15, 0.2) is 0 Å². The second-order valence-corrected chi connectivity index (χ2v) is 6.08. The Morgan fingerprint density at radius 1 is 1.26 bits per heavy atom. The van der Waals surface area contributed by atoms with Crippen molar-refractivity contribution in [1.82, 2.24) is 10.2 Å². The van der Waals surface area contributed by atoms with Crippen LogP contribution in [-0.2, 0) is 0 Å². The molecule has 2 rings (SSSR count). The molecule has 1 aliphatic rings. The zero-order valence-electron chi connectivity index (χ0n) is 12.6. The van der Waals surface area contributed by atoms with Crippen molar-refractivity contribution in [3.8, 4) is 5.75 Å². The van der Waals surface area contributed by atoms with Crippen LogP contribution in [0.15, 0.2) is 24.3 Å². The molecule has 1 saturated heterocycles. The molecular formula is C16H26N2O. The summed E-state index contributed by atoms with van der Waals surface area (Å²) in [5.74, 6) is 0.925. The highest BCUT2D eigenvalue weighted by atomic mass is 16.5. The highest BCUT2D eigenvalue weighted by molar-refractivity contribution is 5.29. The summed E-state index contributed by atoms with van der Waals surface area (Å²) in [6.07, 6.45) is 1.21. The average molecular weight is 262 g/mol. The van der Waals surface area contributed by atoms with Crippen LogP contribution in [0.4, 0.5) is 0 Å². The molecule has 1 heterocycles. The fourth-order valence-electron chi connectivity index (χ4n) is 2.78. The Bertz CT molecular complexity index is 400. The standard InChI is InChI=1S/C16H26N2O/c1-13(14-6-8-15(19-4)9-7-14)18-11-5-10-17-16(2,3)12-18/h6-9,13,17H,5,10-12H2,1-4H3. The van der Waals surface area contributed by atoms with Crippen LogP contribution in [0.25, 0.3) is 0 Å². The molecule has 0 aromatic heterocycles. The number of methoxy groups -OCH3 is 1. The molecule has 106 valence electrons. The maximum absolute atomic E-state index is 5.22. The number of hydrogen-bond donors (Lipinski definition) is 1. The van der Waals surface area contributed by atoms with E-state index in [4.69, 9.17) is 4.74 Å². The quantitative estimate of drug-likeness (QED) is 0.906. The van der Waals surface area contributed by atoms with Crippen LogP contribution in [0, 0.1) is 0 Å². The smallest absolute Gasteiger partial charge is 0.118 e. The fraction of sp³-hybridized carbons (Fsp3) is 0.625. The second kappa shape index (κ2) is 5.93. The predicted octanol–water partition coefficient (Wildman–Crippen LogP) is 2.83. The third-order valence-corrected chi connectivity index (χ3v) is 3.97. The van der Waals surface area contributed by atoms with E-state index in [1.165, 1.54) is 12.0 Å². The van der Waals surface area contributed by atoms with Crippen molar-refractivity contribution in [2.45, 2.75) is 38.8 Å². The van der Waals surface area contributed by atoms with Gasteiger partial charge in [0.25, 0.3) is 0 Å². The van der Waals surface area contributed by atoms with Gasteiger partial charge in [0, 0.05) is 24.7 Å². The van der Waals surface area contributed by atoms with Crippen LogP contribution in [-0.4, -0.2) is 37.2 Å². The molecule has 0 spiro atoms. The minimum Gasteiger partial charge on any atom is -0.497 e. The maximum Gasteiger partial charge on any atom is 0.118 e. The number of nitrogens with one attached hydrogen (secondary N) is 1. The molecular weight excluding hydrogens is 236 g/mol. The predicted molar refractivity (Wildman–Crippen MR) is 79.7 cm³/mol. The van der Waals surface area contributed by atoms with E-state index in [-0.39, 0.29) is 5.54 Å². The van der Waals surface area contributed by atoms with Crippen molar-refractivity contribution in [2.24, 2.45) is 0 Å². The molecule has 0 amide bonds. The monoisotopic (exact) mass is 262 g/mol. The minimum atomic E-state index is 0.192. The van der Waals surface area contributed by atoms with E-state index in [0.717, 1.165) is 25.4 Å². The Morgan fingerprint density at radius 3 is 2.58 bits per heavy atom. The zero-order valence-corrected chi connectivity index (χ0v) is 12.6. The van der Waals surface area contributed by atoms with Gasteiger partial charge in [-0.1, -0.05) is 12.1 Å².